The lowest BCUT2D eigenvalue weighted by atomic mass is 10.1. The van der Waals surface area contributed by atoms with Crippen molar-refractivity contribution in [1.82, 2.24) is 9.97 Å². The average Bonchev–Trinajstić information content (AvgIpc) is 2.73. The van der Waals surface area contributed by atoms with Gasteiger partial charge in [-0.15, -0.1) is 0 Å². The van der Waals surface area contributed by atoms with E-state index >= 15 is 0 Å². The number of nitrogens with zero attached hydrogens (tertiary/aromatic N) is 2. The Kier molecular flexibility index (Phi) is 3.75. The predicted octanol–water partition coefficient (Wildman–Crippen LogP) is 2.89. The Bertz CT molecular complexity index is 338. The molecule has 1 fully saturated rings. The maximum absolute atomic E-state index is 4.25. The average molecular weight is 219 g/mol. The Hall–Kier alpha value is -1.12. The molecule has 2 unspecified atom stereocenters. The zero-order chi connectivity index (χ0) is 11.4. The monoisotopic (exact) mass is 219 g/mol. The summed E-state index contributed by atoms with van der Waals surface area (Å²) in [6.07, 6.45) is 6.73. The Labute approximate surface area is 97.7 Å². The van der Waals surface area contributed by atoms with Gasteiger partial charge in [0.2, 0.25) is 0 Å². The number of nitrogens with one attached hydrogen (secondary N) is 1. The van der Waals surface area contributed by atoms with E-state index in [0.29, 0.717) is 0 Å². The molecule has 1 aromatic heterocycles. The molecule has 88 valence electrons. The number of hydrogen-bond donors (Lipinski definition) is 1. The summed E-state index contributed by atoms with van der Waals surface area (Å²) in [6.45, 7) is 5.52. The third kappa shape index (κ3) is 2.94. The molecule has 0 amide bonds. The van der Waals surface area contributed by atoms with Gasteiger partial charge in [0.1, 0.15) is 12.1 Å². The van der Waals surface area contributed by atoms with E-state index in [0.717, 1.165) is 36.3 Å². The van der Waals surface area contributed by atoms with Gasteiger partial charge in [-0.3, -0.25) is 0 Å². The maximum Gasteiger partial charge on any atom is 0.129 e. The molecule has 0 spiro atoms. The lowest BCUT2D eigenvalue weighted by Gasteiger charge is -2.11. The number of aryl methyl sites for hydroxylation is 1. The van der Waals surface area contributed by atoms with Crippen molar-refractivity contribution >= 4 is 5.82 Å². The molecule has 1 N–H and O–H groups in total. The molecule has 0 aromatic carbocycles. The first-order valence-corrected chi connectivity index (χ1v) is 6.32. The number of hydrogen-bond acceptors (Lipinski definition) is 3. The topological polar surface area (TPSA) is 37.8 Å². The standard InChI is InChI=1S/C13H21N3/c1-3-12-7-13(16-9-15-12)14-8-11-5-4-10(2)6-11/h7,9-11H,3-6,8H2,1-2H3,(H,14,15,16). The second-order valence-corrected chi connectivity index (χ2v) is 4.91. The molecule has 0 radical (unpaired) electrons. The second kappa shape index (κ2) is 5.28. The Morgan fingerprint density at radius 1 is 1.38 bits per heavy atom. The molecule has 1 saturated carbocycles. The summed E-state index contributed by atoms with van der Waals surface area (Å²) in [7, 11) is 0. The van der Waals surface area contributed by atoms with Crippen molar-refractivity contribution in [3.8, 4) is 0 Å². The van der Waals surface area contributed by atoms with Crippen LogP contribution >= 0.6 is 0 Å². The van der Waals surface area contributed by atoms with Crippen LogP contribution < -0.4 is 5.32 Å². The van der Waals surface area contributed by atoms with Crippen molar-refractivity contribution < 1.29 is 0 Å². The van der Waals surface area contributed by atoms with E-state index < -0.39 is 0 Å². The van der Waals surface area contributed by atoms with Gasteiger partial charge in [0.25, 0.3) is 0 Å². The molecule has 3 heteroatoms. The van der Waals surface area contributed by atoms with Gasteiger partial charge >= 0.3 is 0 Å². The van der Waals surface area contributed by atoms with E-state index in [1.165, 1.54) is 19.3 Å². The molecule has 2 atom stereocenters. The van der Waals surface area contributed by atoms with Gasteiger partial charge in [0.15, 0.2) is 0 Å². The predicted molar refractivity (Wildman–Crippen MR) is 66.4 cm³/mol. The summed E-state index contributed by atoms with van der Waals surface area (Å²) in [6, 6.07) is 2.05. The van der Waals surface area contributed by atoms with Crippen LogP contribution in [0.3, 0.4) is 0 Å². The van der Waals surface area contributed by atoms with Crippen LogP contribution in [0.1, 0.15) is 38.8 Å². The van der Waals surface area contributed by atoms with Crippen LogP contribution in [0, 0.1) is 11.8 Å². The van der Waals surface area contributed by atoms with Crippen LogP contribution in [0.2, 0.25) is 0 Å². The summed E-state index contributed by atoms with van der Waals surface area (Å²) < 4.78 is 0. The van der Waals surface area contributed by atoms with Crippen molar-refractivity contribution in [2.45, 2.75) is 39.5 Å². The van der Waals surface area contributed by atoms with Gasteiger partial charge in [-0.05, 0) is 31.1 Å². The second-order valence-electron chi connectivity index (χ2n) is 4.91. The van der Waals surface area contributed by atoms with E-state index in [-0.39, 0.29) is 0 Å². The first kappa shape index (κ1) is 11.4. The van der Waals surface area contributed by atoms with Gasteiger partial charge in [0.05, 0.1) is 0 Å². The first-order valence-electron chi connectivity index (χ1n) is 6.32. The highest BCUT2D eigenvalue weighted by Gasteiger charge is 2.20. The quantitative estimate of drug-likeness (QED) is 0.846. The first-order chi connectivity index (χ1) is 7.78. The van der Waals surface area contributed by atoms with Crippen LogP contribution in [0.5, 0.6) is 0 Å². The Morgan fingerprint density at radius 2 is 2.25 bits per heavy atom. The lowest BCUT2D eigenvalue weighted by Crippen LogP contribution is -2.12. The maximum atomic E-state index is 4.25. The smallest absolute Gasteiger partial charge is 0.129 e. The number of aromatic nitrogens is 2. The fourth-order valence-electron chi connectivity index (χ4n) is 2.45. The highest BCUT2D eigenvalue weighted by atomic mass is 15.0. The summed E-state index contributed by atoms with van der Waals surface area (Å²) in [5.41, 5.74) is 1.11. The molecule has 0 bridgehead atoms. The minimum atomic E-state index is 0.829. The summed E-state index contributed by atoms with van der Waals surface area (Å²) in [4.78, 5) is 8.44. The minimum absolute atomic E-state index is 0.829. The van der Waals surface area contributed by atoms with Gasteiger partial charge in [0, 0.05) is 18.3 Å². The summed E-state index contributed by atoms with van der Waals surface area (Å²) in [5.74, 6) is 2.71. The molecule has 2 rings (SSSR count). The molecular weight excluding hydrogens is 198 g/mol. The molecular formula is C13H21N3. The van der Waals surface area contributed by atoms with Crippen LogP contribution in [0.4, 0.5) is 5.82 Å². The zero-order valence-corrected chi connectivity index (χ0v) is 10.2. The van der Waals surface area contributed by atoms with E-state index in [1.807, 2.05) is 0 Å². The normalized spacial score (nSPS) is 24.6. The van der Waals surface area contributed by atoms with Crippen LogP contribution in [0.25, 0.3) is 0 Å². The number of anilines is 1. The summed E-state index contributed by atoms with van der Waals surface area (Å²) >= 11 is 0. The van der Waals surface area contributed by atoms with Crippen molar-refractivity contribution in [3.05, 3.63) is 18.1 Å². The molecule has 1 heterocycles. The third-order valence-electron chi connectivity index (χ3n) is 3.46. The van der Waals surface area contributed by atoms with E-state index in [2.05, 4.69) is 35.2 Å². The van der Waals surface area contributed by atoms with Crippen LogP contribution in [-0.4, -0.2) is 16.5 Å². The van der Waals surface area contributed by atoms with E-state index in [1.54, 1.807) is 6.33 Å². The van der Waals surface area contributed by atoms with Crippen molar-refractivity contribution in [2.24, 2.45) is 11.8 Å². The number of rotatable bonds is 4. The molecule has 1 aliphatic carbocycles. The summed E-state index contributed by atoms with van der Waals surface area (Å²) in [5, 5.41) is 3.43. The van der Waals surface area contributed by atoms with Crippen LogP contribution in [-0.2, 0) is 6.42 Å². The van der Waals surface area contributed by atoms with Crippen molar-refractivity contribution in [2.75, 3.05) is 11.9 Å². The van der Waals surface area contributed by atoms with Crippen molar-refractivity contribution in [1.29, 1.82) is 0 Å². The molecule has 1 aliphatic rings. The Balaban J connectivity index is 1.84. The van der Waals surface area contributed by atoms with Gasteiger partial charge in [-0.25, -0.2) is 9.97 Å². The van der Waals surface area contributed by atoms with Gasteiger partial charge in [-0.2, -0.15) is 0 Å². The largest absolute Gasteiger partial charge is 0.370 e. The molecule has 16 heavy (non-hydrogen) atoms. The van der Waals surface area contributed by atoms with Gasteiger partial charge < -0.3 is 5.32 Å². The SMILES string of the molecule is CCc1cc(NCC2CCC(C)C2)ncn1. The molecule has 3 nitrogen and oxygen atoms in total. The Morgan fingerprint density at radius 3 is 2.94 bits per heavy atom. The zero-order valence-electron chi connectivity index (χ0n) is 10.2. The lowest BCUT2D eigenvalue weighted by molar-refractivity contribution is 0.536. The highest BCUT2D eigenvalue weighted by molar-refractivity contribution is 5.34. The molecule has 0 saturated heterocycles. The van der Waals surface area contributed by atoms with Crippen molar-refractivity contribution in [3.63, 3.8) is 0 Å². The van der Waals surface area contributed by atoms with E-state index in [4.69, 9.17) is 0 Å². The molecule has 0 aliphatic heterocycles. The highest BCUT2D eigenvalue weighted by Crippen LogP contribution is 2.30. The van der Waals surface area contributed by atoms with E-state index in [9.17, 15) is 0 Å². The fourth-order valence-corrected chi connectivity index (χ4v) is 2.45. The molecule has 1 aromatic rings. The van der Waals surface area contributed by atoms with Crippen LogP contribution in [0.15, 0.2) is 12.4 Å². The minimum Gasteiger partial charge on any atom is -0.370 e. The fraction of sp³-hybridized carbons (Fsp3) is 0.692. The van der Waals surface area contributed by atoms with Gasteiger partial charge in [-0.1, -0.05) is 20.3 Å². The third-order valence-corrected chi connectivity index (χ3v) is 3.46.